The van der Waals surface area contributed by atoms with Crippen LogP contribution in [0.3, 0.4) is 0 Å². The van der Waals surface area contributed by atoms with E-state index in [0.717, 1.165) is 9.79 Å². The van der Waals surface area contributed by atoms with Crippen molar-refractivity contribution in [2.75, 3.05) is 0 Å². The van der Waals surface area contributed by atoms with Crippen LogP contribution in [0.25, 0.3) is 21.5 Å². The van der Waals surface area contributed by atoms with Crippen LogP contribution >= 0.6 is 25.3 Å². The normalized spacial score (nSPS) is 11.1. The molecule has 0 heterocycles. The Labute approximate surface area is 105 Å². The minimum atomic E-state index is 1.02. The predicted molar refractivity (Wildman–Crippen MR) is 76.0 cm³/mol. The lowest BCUT2D eigenvalue weighted by atomic mass is 10.0. The largest absolute Gasteiger partial charge is 0.143 e. The fourth-order valence-electron chi connectivity index (χ4n) is 2.12. The summed E-state index contributed by atoms with van der Waals surface area (Å²) in [4.78, 5) is 2.03. The Morgan fingerprint density at radius 2 is 1.44 bits per heavy atom. The van der Waals surface area contributed by atoms with E-state index in [-0.39, 0.29) is 0 Å². The number of thiol groups is 2. The van der Waals surface area contributed by atoms with Crippen molar-refractivity contribution in [1.29, 1.82) is 0 Å². The van der Waals surface area contributed by atoms with Crippen LogP contribution < -0.4 is 0 Å². The minimum Gasteiger partial charge on any atom is -0.143 e. The summed E-state index contributed by atoms with van der Waals surface area (Å²) in [6.07, 6.45) is 0. The smallest absolute Gasteiger partial charge is 0.0125 e. The van der Waals surface area contributed by atoms with E-state index in [2.05, 4.69) is 55.6 Å². The Bertz CT molecular complexity index is 687. The molecule has 3 rings (SSSR count). The number of rotatable bonds is 0. The lowest BCUT2D eigenvalue weighted by molar-refractivity contribution is 1.53. The van der Waals surface area contributed by atoms with Crippen LogP contribution in [-0.4, -0.2) is 0 Å². The van der Waals surface area contributed by atoms with E-state index >= 15 is 0 Å². The van der Waals surface area contributed by atoms with Gasteiger partial charge in [0.1, 0.15) is 0 Å². The Morgan fingerprint density at radius 1 is 0.688 bits per heavy atom. The summed E-state index contributed by atoms with van der Waals surface area (Å²) in [7, 11) is 0. The van der Waals surface area contributed by atoms with Gasteiger partial charge in [0, 0.05) is 15.2 Å². The van der Waals surface area contributed by atoms with E-state index in [1.54, 1.807) is 0 Å². The van der Waals surface area contributed by atoms with E-state index in [1.807, 2.05) is 18.2 Å². The summed E-state index contributed by atoms with van der Waals surface area (Å²) < 4.78 is 0. The molecule has 0 saturated heterocycles. The molecule has 0 bridgehead atoms. The molecule has 0 aromatic heterocycles. The Kier molecular flexibility index (Phi) is 2.34. The summed E-state index contributed by atoms with van der Waals surface area (Å²) in [5.74, 6) is 0. The number of benzene rings is 3. The highest BCUT2D eigenvalue weighted by Crippen LogP contribution is 2.33. The molecule has 16 heavy (non-hydrogen) atoms. The van der Waals surface area contributed by atoms with Crippen molar-refractivity contribution in [2.24, 2.45) is 0 Å². The van der Waals surface area contributed by atoms with Crippen LogP contribution in [0.1, 0.15) is 0 Å². The van der Waals surface area contributed by atoms with Crippen molar-refractivity contribution in [1.82, 2.24) is 0 Å². The van der Waals surface area contributed by atoms with Crippen LogP contribution in [0.5, 0.6) is 0 Å². The van der Waals surface area contributed by atoms with E-state index in [9.17, 15) is 0 Å². The Morgan fingerprint density at radius 3 is 2.25 bits per heavy atom. The molecule has 0 amide bonds. The number of hydrogen-bond acceptors (Lipinski definition) is 2. The summed E-state index contributed by atoms with van der Waals surface area (Å²) in [5.41, 5.74) is 0. The molecule has 0 unspecified atom stereocenters. The molecular weight excluding hydrogens is 232 g/mol. The molecule has 0 aliphatic carbocycles. The first-order valence-corrected chi connectivity index (χ1v) is 5.99. The zero-order valence-electron chi connectivity index (χ0n) is 8.51. The predicted octanol–water partition coefficient (Wildman–Crippen LogP) is 4.57. The van der Waals surface area contributed by atoms with Crippen molar-refractivity contribution >= 4 is 46.8 Å². The molecule has 0 N–H and O–H groups in total. The molecule has 0 aliphatic heterocycles. The SMILES string of the molecule is Sc1cc2cccc(S)c2c2ccccc12. The first-order chi connectivity index (χ1) is 7.77. The van der Waals surface area contributed by atoms with Gasteiger partial charge in [0.05, 0.1) is 0 Å². The monoisotopic (exact) mass is 242 g/mol. The van der Waals surface area contributed by atoms with Gasteiger partial charge >= 0.3 is 0 Å². The van der Waals surface area contributed by atoms with Crippen LogP contribution in [-0.2, 0) is 0 Å². The highest BCUT2D eigenvalue weighted by Gasteiger charge is 2.05. The van der Waals surface area contributed by atoms with Crippen molar-refractivity contribution < 1.29 is 0 Å². The second-order valence-electron chi connectivity index (χ2n) is 3.82. The molecule has 0 spiro atoms. The summed E-state index contributed by atoms with van der Waals surface area (Å²) >= 11 is 9.07. The van der Waals surface area contributed by atoms with Gasteiger partial charge in [0.25, 0.3) is 0 Å². The lowest BCUT2D eigenvalue weighted by Crippen LogP contribution is -1.81. The minimum absolute atomic E-state index is 1.02. The van der Waals surface area contributed by atoms with Gasteiger partial charge in [0.2, 0.25) is 0 Å². The van der Waals surface area contributed by atoms with E-state index in [1.165, 1.54) is 21.5 Å². The third-order valence-corrected chi connectivity index (χ3v) is 3.58. The fraction of sp³-hybridized carbons (Fsp3) is 0. The maximum atomic E-state index is 4.54. The molecule has 3 aromatic rings. The topological polar surface area (TPSA) is 0 Å². The van der Waals surface area contributed by atoms with Gasteiger partial charge in [-0.25, -0.2) is 0 Å². The molecule has 0 atom stereocenters. The Balaban J connectivity index is 2.67. The first kappa shape index (κ1) is 10.1. The van der Waals surface area contributed by atoms with Crippen molar-refractivity contribution in [2.45, 2.75) is 9.79 Å². The van der Waals surface area contributed by atoms with E-state index < -0.39 is 0 Å². The highest BCUT2D eigenvalue weighted by molar-refractivity contribution is 7.80. The van der Waals surface area contributed by atoms with Gasteiger partial charge in [-0.3, -0.25) is 0 Å². The number of hydrogen-bond donors (Lipinski definition) is 2. The third kappa shape index (κ3) is 1.41. The van der Waals surface area contributed by atoms with Gasteiger partial charge in [-0.15, -0.1) is 25.3 Å². The van der Waals surface area contributed by atoms with Gasteiger partial charge in [-0.1, -0.05) is 36.4 Å². The molecule has 0 fully saturated rings. The number of fused-ring (bicyclic) bond motifs is 3. The van der Waals surface area contributed by atoms with Crippen LogP contribution in [0.15, 0.2) is 58.3 Å². The molecule has 2 heteroatoms. The standard InChI is InChI=1S/C14H10S2/c15-12-7-3-4-9-8-13(16)10-5-1-2-6-11(10)14(9)12/h1-8,15-16H. The molecule has 0 radical (unpaired) electrons. The Hall–Kier alpha value is -1.12. The van der Waals surface area contributed by atoms with Crippen LogP contribution in [0, 0.1) is 0 Å². The van der Waals surface area contributed by atoms with Crippen molar-refractivity contribution in [3.8, 4) is 0 Å². The molecular formula is C14H10S2. The summed E-state index contributed by atoms with van der Waals surface area (Å²) in [6, 6.07) is 16.5. The maximum Gasteiger partial charge on any atom is 0.0125 e. The van der Waals surface area contributed by atoms with Gasteiger partial charge < -0.3 is 0 Å². The van der Waals surface area contributed by atoms with Crippen LogP contribution in [0.2, 0.25) is 0 Å². The van der Waals surface area contributed by atoms with Crippen molar-refractivity contribution in [3.63, 3.8) is 0 Å². The third-order valence-electron chi connectivity index (χ3n) is 2.84. The lowest BCUT2D eigenvalue weighted by Gasteiger charge is -2.08. The van der Waals surface area contributed by atoms with Crippen molar-refractivity contribution in [3.05, 3.63) is 48.5 Å². The fourth-order valence-corrected chi connectivity index (χ4v) is 2.79. The van der Waals surface area contributed by atoms with E-state index in [4.69, 9.17) is 0 Å². The summed E-state index contributed by atoms with van der Waals surface area (Å²) in [6.45, 7) is 0. The molecule has 3 aromatic carbocycles. The first-order valence-electron chi connectivity index (χ1n) is 5.10. The molecule has 0 nitrogen and oxygen atoms in total. The van der Waals surface area contributed by atoms with E-state index in [0.29, 0.717) is 0 Å². The molecule has 0 aliphatic rings. The molecule has 0 saturated carbocycles. The van der Waals surface area contributed by atoms with Gasteiger partial charge in [-0.2, -0.15) is 0 Å². The second kappa shape index (κ2) is 3.72. The second-order valence-corrected chi connectivity index (χ2v) is 4.78. The van der Waals surface area contributed by atoms with Crippen LogP contribution in [0.4, 0.5) is 0 Å². The van der Waals surface area contributed by atoms with Gasteiger partial charge in [0.15, 0.2) is 0 Å². The zero-order valence-corrected chi connectivity index (χ0v) is 10.3. The average molecular weight is 242 g/mol. The van der Waals surface area contributed by atoms with Gasteiger partial charge in [-0.05, 0) is 28.3 Å². The zero-order chi connectivity index (χ0) is 11.1. The molecule has 78 valence electrons. The maximum absolute atomic E-state index is 4.54. The summed E-state index contributed by atoms with van der Waals surface area (Å²) in [5, 5.41) is 4.80. The highest BCUT2D eigenvalue weighted by atomic mass is 32.1. The average Bonchev–Trinajstić information content (AvgIpc) is 2.29. The quantitative estimate of drug-likeness (QED) is 0.419.